The molecule has 1 heterocycles. The third kappa shape index (κ3) is 4.36. The summed E-state index contributed by atoms with van der Waals surface area (Å²) in [6.07, 6.45) is 0.973. The van der Waals surface area contributed by atoms with E-state index in [0.29, 0.717) is 10.0 Å². The minimum Gasteiger partial charge on any atom is -0.394 e. The Hall–Kier alpha value is -1.34. The van der Waals surface area contributed by atoms with E-state index in [1.54, 1.807) is 0 Å². The average molecular weight is 286 g/mol. The number of nitrogens with one attached hydrogen (secondary N) is 2. The van der Waals surface area contributed by atoms with Crippen LogP contribution in [-0.4, -0.2) is 35.2 Å². The lowest BCUT2D eigenvalue weighted by Crippen LogP contribution is -2.41. The number of nitrogens with two attached hydrogens (primary N) is 1. The summed E-state index contributed by atoms with van der Waals surface area (Å²) in [6.45, 7) is 6.62. The first-order valence-electron chi connectivity index (χ1n) is 6.41. The zero-order valence-electron chi connectivity index (χ0n) is 11.6. The lowest BCUT2D eigenvalue weighted by atomic mass is 10.1. The Morgan fingerprint density at radius 3 is 2.74 bits per heavy atom. The normalized spacial score (nSPS) is 12.5. The molecule has 7 heteroatoms. The summed E-state index contributed by atoms with van der Waals surface area (Å²) in [5.74, 6) is 0.0923. The first-order valence-corrected chi connectivity index (χ1v) is 7.23. The van der Waals surface area contributed by atoms with Gasteiger partial charge in [0.2, 0.25) is 0 Å². The van der Waals surface area contributed by atoms with E-state index >= 15 is 0 Å². The molecular formula is C12H22N4O2S. The van der Waals surface area contributed by atoms with Crippen LogP contribution in [0.15, 0.2) is 0 Å². The number of hydrogen-bond donors (Lipinski definition) is 4. The quantitative estimate of drug-likeness (QED) is 0.605. The van der Waals surface area contributed by atoms with Gasteiger partial charge in [0, 0.05) is 6.54 Å². The average Bonchev–Trinajstić information content (AvgIpc) is 2.74. The van der Waals surface area contributed by atoms with Crippen LogP contribution in [0.5, 0.6) is 0 Å². The summed E-state index contributed by atoms with van der Waals surface area (Å²) < 4.78 is 0. The Bertz CT molecular complexity index is 420. The summed E-state index contributed by atoms with van der Waals surface area (Å²) in [7, 11) is 0. The fourth-order valence-corrected chi connectivity index (χ4v) is 2.27. The fraction of sp³-hybridized carbons (Fsp3) is 0.667. The topological polar surface area (TPSA) is 100 Å². The molecule has 6 nitrogen and oxygen atoms in total. The molecule has 1 aromatic heterocycles. The summed E-state index contributed by atoms with van der Waals surface area (Å²) in [5, 5.41) is 15.7. The van der Waals surface area contributed by atoms with Crippen molar-refractivity contribution in [3.8, 4) is 0 Å². The van der Waals surface area contributed by atoms with E-state index in [1.807, 2.05) is 20.8 Å². The number of aliphatic hydroxyl groups is 1. The molecule has 1 amide bonds. The Balaban J connectivity index is 2.73. The minimum absolute atomic E-state index is 0.0942. The number of nitrogens with zero attached hydrogens (tertiary/aromatic N) is 1. The summed E-state index contributed by atoms with van der Waals surface area (Å²) in [6, 6.07) is -0.277. The first-order chi connectivity index (χ1) is 8.99. The molecule has 0 fully saturated rings. The largest absolute Gasteiger partial charge is 0.394 e. The maximum absolute atomic E-state index is 12.1. The lowest BCUT2D eigenvalue weighted by Gasteiger charge is -2.19. The molecule has 0 aromatic carbocycles. The molecule has 0 saturated carbocycles. The summed E-state index contributed by atoms with van der Waals surface area (Å²) in [4.78, 5) is 16.6. The number of hydrogen-bond acceptors (Lipinski definition) is 6. The van der Waals surface area contributed by atoms with Crippen LogP contribution in [0.25, 0.3) is 0 Å². The second-order valence-corrected chi connectivity index (χ2v) is 5.67. The smallest absolute Gasteiger partial charge is 0.265 e. The third-order valence-corrected chi connectivity index (χ3v) is 3.73. The highest BCUT2D eigenvalue weighted by atomic mass is 32.1. The standard InChI is InChI=1S/C12H22N4O2S/c1-4-5-14-12-16-10(13)9(19-12)11(18)15-8(6-17)7(2)3/h7-8,17H,4-6,13H2,1-3H3,(H,14,16)(H,15,18)/t8-/m1/s1. The van der Waals surface area contributed by atoms with Crippen molar-refractivity contribution in [3.63, 3.8) is 0 Å². The van der Waals surface area contributed by atoms with E-state index in [2.05, 4.69) is 15.6 Å². The molecule has 0 spiro atoms. The lowest BCUT2D eigenvalue weighted by molar-refractivity contribution is 0.0901. The summed E-state index contributed by atoms with van der Waals surface area (Å²) >= 11 is 1.23. The van der Waals surface area contributed by atoms with Gasteiger partial charge in [0.25, 0.3) is 5.91 Å². The molecule has 0 aliphatic heterocycles. The van der Waals surface area contributed by atoms with Crippen LogP contribution in [0.3, 0.4) is 0 Å². The van der Waals surface area contributed by atoms with Crippen molar-refractivity contribution < 1.29 is 9.90 Å². The molecule has 108 valence electrons. The van der Waals surface area contributed by atoms with Gasteiger partial charge in [0.1, 0.15) is 10.7 Å². The highest BCUT2D eigenvalue weighted by Crippen LogP contribution is 2.25. The highest BCUT2D eigenvalue weighted by Gasteiger charge is 2.20. The molecule has 0 aliphatic carbocycles. The molecule has 0 bridgehead atoms. The Labute approximate surface area is 117 Å². The number of rotatable bonds is 7. The van der Waals surface area contributed by atoms with Gasteiger partial charge in [-0.25, -0.2) is 4.98 Å². The fourth-order valence-electron chi connectivity index (χ4n) is 1.46. The minimum atomic E-state index is -0.285. The number of thiazole rings is 1. The number of amides is 1. The van der Waals surface area contributed by atoms with E-state index in [9.17, 15) is 9.90 Å². The van der Waals surface area contributed by atoms with Crippen LogP contribution >= 0.6 is 11.3 Å². The Morgan fingerprint density at radius 2 is 2.21 bits per heavy atom. The van der Waals surface area contributed by atoms with Crippen molar-refractivity contribution in [1.29, 1.82) is 0 Å². The predicted octanol–water partition coefficient (Wildman–Crippen LogP) is 1.29. The first kappa shape index (κ1) is 15.7. The predicted molar refractivity (Wildman–Crippen MR) is 78.5 cm³/mol. The summed E-state index contributed by atoms with van der Waals surface area (Å²) in [5.41, 5.74) is 5.74. The maximum Gasteiger partial charge on any atom is 0.265 e. The van der Waals surface area contributed by atoms with Crippen molar-refractivity contribution in [1.82, 2.24) is 10.3 Å². The zero-order chi connectivity index (χ0) is 14.4. The van der Waals surface area contributed by atoms with Crippen molar-refractivity contribution >= 4 is 28.2 Å². The van der Waals surface area contributed by atoms with Crippen molar-refractivity contribution in [2.45, 2.75) is 33.2 Å². The van der Waals surface area contributed by atoms with E-state index in [-0.39, 0.29) is 30.3 Å². The van der Waals surface area contributed by atoms with Gasteiger partial charge < -0.3 is 21.5 Å². The molecule has 5 N–H and O–H groups in total. The Morgan fingerprint density at radius 1 is 1.53 bits per heavy atom. The Kier molecular flexibility index (Phi) is 6.04. The molecule has 0 radical (unpaired) electrons. The van der Waals surface area contributed by atoms with Crippen LogP contribution in [0.1, 0.15) is 36.9 Å². The van der Waals surface area contributed by atoms with E-state index in [4.69, 9.17) is 5.73 Å². The van der Waals surface area contributed by atoms with Crippen LogP contribution in [0, 0.1) is 5.92 Å². The number of nitrogen functional groups attached to an aromatic ring is 1. The van der Waals surface area contributed by atoms with Crippen molar-refractivity contribution in [2.24, 2.45) is 5.92 Å². The molecule has 19 heavy (non-hydrogen) atoms. The third-order valence-electron chi connectivity index (χ3n) is 2.70. The second kappa shape index (κ2) is 7.30. The van der Waals surface area contributed by atoms with E-state index in [0.717, 1.165) is 13.0 Å². The SMILES string of the molecule is CCCNc1nc(N)c(C(=O)N[C@H](CO)C(C)C)s1. The maximum atomic E-state index is 12.1. The molecule has 0 aliphatic rings. The molecule has 1 atom stereocenters. The number of aliphatic hydroxyl groups excluding tert-OH is 1. The van der Waals surface area contributed by atoms with Crippen LogP contribution in [0.4, 0.5) is 10.9 Å². The number of anilines is 2. The van der Waals surface area contributed by atoms with Gasteiger partial charge >= 0.3 is 0 Å². The van der Waals surface area contributed by atoms with Crippen LogP contribution in [-0.2, 0) is 0 Å². The molecular weight excluding hydrogens is 264 g/mol. The van der Waals surface area contributed by atoms with Gasteiger partial charge in [0.05, 0.1) is 12.6 Å². The van der Waals surface area contributed by atoms with Gasteiger partial charge in [-0.05, 0) is 12.3 Å². The van der Waals surface area contributed by atoms with Crippen LogP contribution in [0.2, 0.25) is 0 Å². The second-order valence-electron chi connectivity index (χ2n) is 4.67. The molecule has 1 rings (SSSR count). The number of carbonyl (C=O) groups excluding carboxylic acids is 1. The molecule has 1 aromatic rings. The zero-order valence-corrected chi connectivity index (χ0v) is 12.4. The van der Waals surface area contributed by atoms with Crippen molar-refractivity contribution in [3.05, 3.63) is 4.88 Å². The van der Waals surface area contributed by atoms with Crippen molar-refractivity contribution in [2.75, 3.05) is 24.2 Å². The van der Waals surface area contributed by atoms with Gasteiger partial charge in [-0.15, -0.1) is 0 Å². The molecule has 0 saturated heterocycles. The number of carbonyl (C=O) groups is 1. The van der Waals surface area contributed by atoms with Gasteiger partial charge in [0.15, 0.2) is 5.13 Å². The van der Waals surface area contributed by atoms with Gasteiger partial charge in [-0.1, -0.05) is 32.1 Å². The van der Waals surface area contributed by atoms with Gasteiger partial charge in [-0.2, -0.15) is 0 Å². The highest BCUT2D eigenvalue weighted by molar-refractivity contribution is 7.18. The number of aromatic nitrogens is 1. The van der Waals surface area contributed by atoms with Crippen LogP contribution < -0.4 is 16.4 Å². The van der Waals surface area contributed by atoms with E-state index in [1.165, 1.54) is 11.3 Å². The van der Waals surface area contributed by atoms with E-state index < -0.39 is 0 Å². The monoisotopic (exact) mass is 286 g/mol. The molecule has 0 unspecified atom stereocenters. The van der Waals surface area contributed by atoms with Gasteiger partial charge in [-0.3, -0.25) is 4.79 Å².